The number of carboxylic acids is 1. The summed E-state index contributed by atoms with van der Waals surface area (Å²) in [5, 5.41) is 15.9. The number of benzene rings is 1. The van der Waals surface area contributed by atoms with Gasteiger partial charge in [-0.2, -0.15) is 0 Å². The van der Waals surface area contributed by atoms with Crippen LogP contribution in [0.2, 0.25) is 0 Å². The molecule has 1 aromatic carbocycles. The number of amides is 1. The van der Waals surface area contributed by atoms with Crippen molar-refractivity contribution in [2.75, 3.05) is 13.7 Å². The standard InChI is InChI=1S/C15H18N4O4/c1-3-18(8-11-4-6-12(23-2)7-5-11)14(20)10-19-9-13(15(21)22)16-17-19/h4-7,9H,3,8,10H2,1-2H3,(H,21,22). The van der Waals surface area contributed by atoms with E-state index in [2.05, 4.69) is 10.3 Å². The van der Waals surface area contributed by atoms with Gasteiger partial charge in [0.2, 0.25) is 5.91 Å². The van der Waals surface area contributed by atoms with E-state index in [1.807, 2.05) is 31.2 Å². The van der Waals surface area contributed by atoms with E-state index in [9.17, 15) is 9.59 Å². The number of hydrogen-bond donors (Lipinski definition) is 1. The largest absolute Gasteiger partial charge is 0.497 e. The summed E-state index contributed by atoms with van der Waals surface area (Å²) < 4.78 is 6.33. The van der Waals surface area contributed by atoms with Crippen molar-refractivity contribution < 1.29 is 19.4 Å². The summed E-state index contributed by atoms with van der Waals surface area (Å²) in [5.41, 5.74) is 0.793. The van der Waals surface area contributed by atoms with E-state index in [1.165, 1.54) is 10.9 Å². The van der Waals surface area contributed by atoms with Gasteiger partial charge in [-0.15, -0.1) is 5.10 Å². The minimum absolute atomic E-state index is 0.0513. The molecular formula is C15H18N4O4. The first kappa shape index (κ1) is 16.5. The molecule has 0 radical (unpaired) electrons. The number of ether oxygens (including phenoxy) is 1. The lowest BCUT2D eigenvalue weighted by Gasteiger charge is -2.21. The fraction of sp³-hybridized carbons (Fsp3) is 0.333. The van der Waals surface area contributed by atoms with Gasteiger partial charge < -0.3 is 14.7 Å². The summed E-state index contributed by atoms with van der Waals surface area (Å²) in [6.45, 7) is 2.82. The Morgan fingerprint density at radius 3 is 2.52 bits per heavy atom. The average molecular weight is 318 g/mol. The normalized spacial score (nSPS) is 10.3. The van der Waals surface area contributed by atoms with Crippen LogP contribution in [0.25, 0.3) is 0 Å². The SMILES string of the molecule is CCN(Cc1ccc(OC)cc1)C(=O)Cn1cc(C(=O)O)nn1. The predicted molar refractivity (Wildman–Crippen MR) is 81.1 cm³/mol. The minimum atomic E-state index is -1.17. The number of methoxy groups -OCH3 is 1. The molecular weight excluding hydrogens is 300 g/mol. The number of aromatic nitrogens is 3. The van der Waals surface area contributed by atoms with Gasteiger partial charge in [-0.05, 0) is 24.6 Å². The quantitative estimate of drug-likeness (QED) is 0.819. The first-order chi connectivity index (χ1) is 11.0. The molecule has 0 spiro atoms. The van der Waals surface area contributed by atoms with Crippen LogP contribution in [0.1, 0.15) is 23.0 Å². The van der Waals surface area contributed by atoms with Crippen LogP contribution in [0.4, 0.5) is 0 Å². The number of aromatic carboxylic acids is 1. The second kappa shape index (κ2) is 7.39. The third-order valence-corrected chi connectivity index (χ3v) is 3.32. The molecule has 0 unspecified atom stereocenters. The molecule has 2 aromatic rings. The van der Waals surface area contributed by atoms with Gasteiger partial charge in [0.15, 0.2) is 5.69 Å². The number of likely N-dealkylation sites (N-methyl/N-ethyl adjacent to an activating group) is 1. The molecule has 0 aliphatic carbocycles. The molecule has 0 aliphatic heterocycles. The summed E-state index contributed by atoms with van der Waals surface area (Å²) >= 11 is 0. The molecule has 1 N–H and O–H groups in total. The van der Waals surface area contributed by atoms with Gasteiger partial charge in [0, 0.05) is 13.1 Å². The van der Waals surface area contributed by atoms with Gasteiger partial charge in [-0.25, -0.2) is 9.48 Å². The molecule has 8 nitrogen and oxygen atoms in total. The number of carbonyl (C=O) groups excluding carboxylic acids is 1. The summed E-state index contributed by atoms with van der Waals surface area (Å²) in [7, 11) is 1.60. The lowest BCUT2D eigenvalue weighted by Crippen LogP contribution is -2.33. The Bertz CT molecular complexity index is 681. The van der Waals surface area contributed by atoms with Crippen LogP contribution in [0, 0.1) is 0 Å². The zero-order valence-electron chi connectivity index (χ0n) is 13.0. The number of nitrogens with zero attached hydrogens (tertiary/aromatic N) is 4. The Balaban J connectivity index is 2.00. The van der Waals surface area contributed by atoms with Crippen molar-refractivity contribution in [1.82, 2.24) is 19.9 Å². The van der Waals surface area contributed by atoms with Crippen LogP contribution in [0.5, 0.6) is 5.75 Å². The van der Waals surface area contributed by atoms with Crippen LogP contribution in [0.15, 0.2) is 30.5 Å². The van der Waals surface area contributed by atoms with Crippen LogP contribution in [-0.2, 0) is 17.9 Å². The highest BCUT2D eigenvalue weighted by molar-refractivity contribution is 5.84. The molecule has 0 fully saturated rings. The van der Waals surface area contributed by atoms with Crippen molar-refractivity contribution in [2.45, 2.75) is 20.0 Å². The second-order valence-electron chi connectivity index (χ2n) is 4.86. The number of rotatable bonds is 7. The molecule has 0 atom stereocenters. The predicted octanol–water partition coefficient (Wildman–Crippen LogP) is 1.03. The topological polar surface area (TPSA) is 97.5 Å². The molecule has 122 valence electrons. The van der Waals surface area contributed by atoms with Gasteiger partial charge in [0.25, 0.3) is 0 Å². The molecule has 0 aliphatic rings. The van der Waals surface area contributed by atoms with E-state index >= 15 is 0 Å². The van der Waals surface area contributed by atoms with Crippen molar-refractivity contribution in [2.24, 2.45) is 0 Å². The van der Waals surface area contributed by atoms with Crippen molar-refractivity contribution in [3.8, 4) is 5.75 Å². The second-order valence-corrected chi connectivity index (χ2v) is 4.86. The average Bonchev–Trinajstić information content (AvgIpc) is 3.01. The molecule has 0 bridgehead atoms. The van der Waals surface area contributed by atoms with Crippen LogP contribution >= 0.6 is 0 Å². The van der Waals surface area contributed by atoms with Crippen molar-refractivity contribution in [3.63, 3.8) is 0 Å². The van der Waals surface area contributed by atoms with Crippen molar-refractivity contribution in [3.05, 3.63) is 41.7 Å². The van der Waals surface area contributed by atoms with Crippen molar-refractivity contribution >= 4 is 11.9 Å². The Labute approximate surface area is 133 Å². The zero-order chi connectivity index (χ0) is 16.8. The molecule has 1 amide bonds. The van der Waals surface area contributed by atoms with E-state index in [0.717, 1.165) is 11.3 Å². The Morgan fingerprint density at radius 1 is 1.30 bits per heavy atom. The van der Waals surface area contributed by atoms with E-state index in [1.54, 1.807) is 12.0 Å². The van der Waals surface area contributed by atoms with Gasteiger partial charge in [0.05, 0.1) is 13.3 Å². The van der Waals surface area contributed by atoms with Gasteiger partial charge in [0.1, 0.15) is 12.3 Å². The molecule has 2 rings (SSSR count). The summed E-state index contributed by atoms with van der Waals surface area (Å²) in [6, 6.07) is 7.47. The fourth-order valence-corrected chi connectivity index (χ4v) is 2.04. The lowest BCUT2D eigenvalue weighted by atomic mass is 10.2. The highest BCUT2D eigenvalue weighted by atomic mass is 16.5. The molecule has 8 heteroatoms. The Hall–Kier alpha value is -2.90. The third-order valence-electron chi connectivity index (χ3n) is 3.32. The van der Waals surface area contributed by atoms with E-state index in [4.69, 9.17) is 9.84 Å². The third kappa shape index (κ3) is 4.29. The van der Waals surface area contributed by atoms with Crippen LogP contribution < -0.4 is 4.74 Å². The summed E-state index contributed by atoms with van der Waals surface area (Å²) in [6.07, 6.45) is 1.24. The highest BCUT2D eigenvalue weighted by Gasteiger charge is 2.15. The van der Waals surface area contributed by atoms with Gasteiger partial charge in [-0.3, -0.25) is 4.79 Å². The number of hydrogen-bond acceptors (Lipinski definition) is 5. The first-order valence-corrected chi connectivity index (χ1v) is 7.07. The van der Waals surface area contributed by atoms with Crippen molar-refractivity contribution in [1.29, 1.82) is 0 Å². The minimum Gasteiger partial charge on any atom is -0.497 e. The van der Waals surface area contributed by atoms with Gasteiger partial charge >= 0.3 is 5.97 Å². The maximum atomic E-state index is 12.3. The maximum Gasteiger partial charge on any atom is 0.358 e. The first-order valence-electron chi connectivity index (χ1n) is 7.07. The summed E-state index contributed by atoms with van der Waals surface area (Å²) in [4.78, 5) is 24.7. The number of carboxylic acid groups (broad SMARTS) is 1. The fourth-order valence-electron chi connectivity index (χ4n) is 2.04. The summed E-state index contributed by atoms with van der Waals surface area (Å²) in [5.74, 6) is -0.577. The smallest absolute Gasteiger partial charge is 0.358 e. The highest BCUT2D eigenvalue weighted by Crippen LogP contribution is 2.13. The number of carbonyl (C=O) groups is 2. The lowest BCUT2D eigenvalue weighted by molar-refractivity contribution is -0.132. The maximum absolute atomic E-state index is 12.3. The Kier molecular flexibility index (Phi) is 5.29. The molecule has 1 heterocycles. The van der Waals surface area contributed by atoms with E-state index in [-0.39, 0.29) is 18.1 Å². The van der Waals surface area contributed by atoms with E-state index in [0.29, 0.717) is 13.1 Å². The molecule has 0 saturated heterocycles. The van der Waals surface area contributed by atoms with Gasteiger partial charge in [-0.1, -0.05) is 17.3 Å². The Morgan fingerprint density at radius 2 is 2.00 bits per heavy atom. The molecule has 23 heavy (non-hydrogen) atoms. The van der Waals surface area contributed by atoms with E-state index < -0.39 is 5.97 Å². The zero-order valence-corrected chi connectivity index (χ0v) is 13.0. The molecule has 1 aromatic heterocycles. The van der Waals surface area contributed by atoms with Crippen LogP contribution in [0.3, 0.4) is 0 Å². The monoisotopic (exact) mass is 318 g/mol. The van der Waals surface area contributed by atoms with Crippen LogP contribution in [-0.4, -0.2) is 50.5 Å². The molecule has 0 saturated carbocycles.